The minimum Gasteiger partial charge on any atom is -0.508 e. The van der Waals surface area contributed by atoms with Crippen LogP contribution < -0.4 is 15.0 Å². The lowest BCUT2D eigenvalue weighted by Crippen LogP contribution is -2.41. The molecule has 15 heteroatoms. The number of carbonyl (C=O) groups excluding carboxylic acids is 2. The molecule has 0 spiro atoms. The predicted octanol–water partition coefficient (Wildman–Crippen LogP) is 8.93. The lowest BCUT2D eigenvalue weighted by atomic mass is 9.83. The van der Waals surface area contributed by atoms with Crippen LogP contribution >= 0.6 is 0 Å². The van der Waals surface area contributed by atoms with Crippen LogP contribution in [-0.2, 0) is 23.1 Å². The molecule has 7 heterocycles. The molecule has 3 aromatic carbocycles. The van der Waals surface area contributed by atoms with Gasteiger partial charge in [-0.15, -0.1) is 0 Å². The summed E-state index contributed by atoms with van der Waals surface area (Å²) in [5.74, 6) is 0.289. The average Bonchev–Trinajstić information content (AvgIpc) is 3.95. The van der Waals surface area contributed by atoms with E-state index in [9.17, 15) is 14.7 Å². The van der Waals surface area contributed by atoms with E-state index in [1.807, 2.05) is 18.7 Å². The first-order valence-electron chi connectivity index (χ1n) is 25.5. The molecule has 0 radical (unpaired) electrons. The van der Waals surface area contributed by atoms with Gasteiger partial charge in [-0.05, 0) is 148 Å². The number of fused-ring (bicyclic) bond motifs is 3. The van der Waals surface area contributed by atoms with Gasteiger partial charge in [0.15, 0.2) is 5.82 Å². The topological polar surface area (TPSA) is 142 Å². The van der Waals surface area contributed by atoms with Gasteiger partial charge >= 0.3 is 6.01 Å². The predicted molar refractivity (Wildman–Crippen MR) is 262 cm³/mol. The lowest BCUT2D eigenvalue weighted by molar-refractivity contribution is -0.134. The molecule has 11 rings (SSSR count). The van der Waals surface area contributed by atoms with Crippen LogP contribution in [0.4, 0.5) is 14.6 Å². The molecule has 2 unspecified atom stereocenters. The van der Waals surface area contributed by atoms with E-state index in [2.05, 4.69) is 50.1 Å². The van der Waals surface area contributed by atoms with Gasteiger partial charge in [0, 0.05) is 69.4 Å². The molecule has 69 heavy (non-hydrogen) atoms. The maximum atomic E-state index is 17.1. The summed E-state index contributed by atoms with van der Waals surface area (Å²) in [4.78, 5) is 46.2. The Morgan fingerprint density at radius 2 is 1.71 bits per heavy atom. The number of phenolic OH excluding ortho intramolecular Hbond substituents is 1. The van der Waals surface area contributed by atoms with Crippen molar-refractivity contribution in [2.45, 2.75) is 115 Å². The van der Waals surface area contributed by atoms with E-state index in [0.29, 0.717) is 76.2 Å². The first kappa shape index (κ1) is 45.6. The third-order valence-corrected chi connectivity index (χ3v) is 16.2. The normalized spacial score (nSPS) is 24.5. The highest BCUT2D eigenvalue weighted by molar-refractivity contribution is 6.03. The number of aromatic nitrogens is 5. The Balaban J connectivity index is 0.729. The zero-order valence-corrected chi connectivity index (χ0v) is 40.0. The van der Waals surface area contributed by atoms with Gasteiger partial charge in [-0.3, -0.25) is 29.5 Å². The van der Waals surface area contributed by atoms with Crippen molar-refractivity contribution in [3.05, 3.63) is 77.1 Å². The number of aromatic hydroxyl groups is 1. The van der Waals surface area contributed by atoms with Crippen LogP contribution in [0.1, 0.15) is 113 Å². The molecule has 2 amide bonds. The molecule has 0 bridgehead atoms. The van der Waals surface area contributed by atoms with Crippen LogP contribution in [0.5, 0.6) is 11.8 Å². The van der Waals surface area contributed by atoms with E-state index in [1.165, 1.54) is 30.5 Å². The van der Waals surface area contributed by atoms with Gasteiger partial charge in [0.05, 0.1) is 22.5 Å². The summed E-state index contributed by atoms with van der Waals surface area (Å²) in [5.41, 5.74) is 4.00. The van der Waals surface area contributed by atoms with Crippen LogP contribution in [-0.4, -0.2) is 109 Å². The number of phenols is 1. The van der Waals surface area contributed by atoms with Crippen LogP contribution in [0.3, 0.4) is 0 Å². The second kappa shape index (κ2) is 18.8. The standard InChI is InChI=1S/C54H63F2N9O4/c1-4-39-44(55)15-10-35-24-37(66)26-42(47(35)39)50-48(56)51-43(27-57-50)52(65-20-5-6-31(2)28-65)60-54(59-51)69-38-19-23-64(30-38)36-11-7-32(8-12-36)29-63-21-17-33(18-22-63)34-9-13-40-45(25-34)62(3)61-49(40)41-14-16-46(67)58-53(41)68/h9-10,13,15,24-27,31-33,36,38,41,66H,4-8,11-12,14,16-23,28-30H2,1-3H3,(H,58,67,68)/t31-,32?,36?,38?,41?/m0/s1. The number of anilines is 1. The molecule has 1 saturated carbocycles. The molecule has 4 saturated heterocycles. The van der Waals surface area contributed by atoms with Crippen molar-refractivity contribution in [2.24, 2.45) is 18.9 Å². The zero-order valence-electron chi connectivity index (χ0n) is 40.0. The zero-order chi connectivity index (χ0) is 47.5. The summed E-state index contributed by atoms with van der Waals surface area (Å²) in [6.45, 7) is 10.7. The quantitative estimate of drug-likeness (QED) is 0.127. The summed E-state index contributed by atoms with van der Waals surface area (Å²) >= 11 is 0. The van der Waals surface area contributed by atoms with Gasteiger partial charge in [-0.25, -0.2) is 8.78 Å². The highest BCUT2D eigenvalue weighted by Crippen LogP contribution is 2.41. The number of aryl methyl sites for hydroxylation is 2. The fourth-order valence-electron chi connectivity index (χ4n) is 12.5. The maximum absolute atomic E-state index is 17.1. The number of hydrogen-bond donors (Lipinski definition) is 2. The van der Waals surface area contributed by atoms with Gasteiger partial charge in [0.25, 0.3) is 0 Å². The number of hydrogen-bond acceptors (Lipinski definition) is 11. The van der Waals surface area contributed by atoms with Crippen molar-refractivity contribution >= 4 is 50.2 Å². The summed E-state index contributed by atoms with van der Waals surface area (Å²) in [5, 5.41) is 20.6. The molecule has 6 aromatic rings. The van der Waals surface area contributed by atoms with E-state index in [4.69, 9.17) is 19.8 Å². The second-order valence-corrected chi connectivity index (χ2v) is 20.7. The number of amides is 2. The fraction of sp³-hybridized carbons (Fsp3) is 0.519. The molecule has 13 nitrogen and oxygen atoms in total. The number of imide groups is 1. The first-order chi connectivity index (χ1) is 33.5. The van der Waals surface area contributed by atoms with Crippen LogP contribution in [0.2, 0.25) is 0 Å². The van der Waals surface area contributed by atoms with Crippen LogP contribution in [0.25, 0.3) is 43.8 Å². The van der Waals surface area contributed by atoms with E-state index < -0.39 is 11.7 Å². The van der Waals surface area contributed by atoms with Gasteiger partial charge in [0.2, 0.25) is 11.8 Å². The van der Waals surface area contributed by atoms with Crippen molar-refractivity contribution in [1.29, 1.82) is 0 Å². The van der Waals surface area contributed by atoms with Crippen LogP contribution in [0.15, 0.2) is 48.7 Å². The number of rotatable bonds is 10. The number of carbonyl (C=O) groups is 2. The van der Waals surface area contributed by atoms with Crippen LogP contribution in [0, 0.1) is 23.5 Å². The number of nitrogens with one attached hydrogen (secondary N) is 1. The largest absolute Gasteiger partial charge is 0.508 e. The number of likely N-dealkylation sites (tertiary alicyclic amines) is 2. The molecule has 1 aliphatic carbocycles. The SMILES string of the molecule is CCc1c(F)ccc2cc(O)cc(-c3ncc4c(N5CCC[C@H](C)C5)nc(OC5CCN(C6CCC(CN7CCC(c8ccc9c(C%10CCC(=O)NC%10=O)nn(C)c9c8)CC7)CC6)C5)nc4c3F)c12. The van der Waals surface area contributed by atoms with Gasteiger partial charge in [0.1, 0.15) is 34.7 Å². The molecule has 2 N–H and O–H groups in total. The second-order valence-electron chi connectivity index (χ2n) is 20.7. The number of pyridine rings is 1. The average molecular weight is 940 g/mol. The summed E-state index contributed by atoms with van der Waals surface area (Å²) in [6, 6.07) is 13.3. The van der Waals surface area contributed by atoms with Gasteiger partial charge in [-0.2, -0.15) is 15.1 Å². The van der Waals surface area contributed by atoms with E-state index in [-0.39, 0.29) is 46.7 Å². The molecule has 5 fully saturated rings. The third kappa shape index (κ3) is 8.89. The summed E-state index contributed by atoms with van der Waals surface area (Å²) in [7, 11) is 1.94. The Morgan fingerprint density at radius 3 is 2.49 bits per heavy atom. The molecule has 362 valence electrons. The Bertz CT molecular complexity index is 2950. The Morgan fingerprint density at radius 1 is 0.884 bits per heavy atom. The van der Waals surface area contributed by atoms with Crippen molar-refractivity contribution in [1.82, 2.24) is 39.8 Å². The first-order valence-corrected chi connectivity index (χ1v) is 25.5. The minimum absolute atomic E-state index is 0.00187. The summed E-state index contributed by atoms with van der Waals surface area (Å²) < 4.78 is 40.8. The van der Waals surface area contributed by atoms with E-state index in [0.717, 1.165) is 107 Å². The minimum atomic E-state index is -0.649. The lowest BCUT2D eigenvalue weighted by Gasteiger charge is -2.38. The molecular formula is C54H63F2N9O4. The highest BCUT2D eigenvalue weighted by atomic mass is 19.1. The fourth-order valence-corrected chi connectivity index (χ4v) is 12.5. The number of halogens is 2. The maximum Gasteiger partial charge on any atom is 0.319 e. The molecule has 4 aliphatic heterocycles. The Kier molecular flexibility index (Phi) is 12.5. The number of nitrogens with zero attached hydrogens (tertiary/aromatic N) is 8. The van der Waals surface area contributed by atoms with E-state index >= 15 is 8.78 Å². The molecule has 3 aromatic heterocycles. The third-order valence-electron chi connectivity index (χ3n) is 16.2. The smallest absolute Gasteiger partial charge is 0.319 e. The molecular weight excluding hydrogens is 877 g/mol. The number of piperidine rings is 3. The number of ether oxygens (including phenoxy) is 1. The van der Waals surface area contributed by atoms with Crippen molar-refractivity contribution < 1.29 is 28.2 Å². The highest BCUT2D eigenvalue weighted by Gasteiger charge is 2.36. The molecule has 5 aliphatic rings. The molecule has 3 atom stereocenters. The van der Waals surface area contributed by atoms with E-state index in [1.54, 1.807) is 18.3 Å². The van der Waals surface area contributed by atoms with Gasteiger partial charge in [-0.1, -0.05) is 32.0 Å². The Hall–Kier alpha value is -5.80. The van der Waals surface area contributed by atoms with Crippen molar-refractivity contribution in [3.8, 4) is 23.0 Å². The summed E-state index contributed by atoms with van der Waals surface area (Å²) in [6.07, 6.45) is 12.7. The van der Waals surface area contributed by atoms with Gasteiger partial charge < -0.3 is 19.6 Å². The van der Waals surface area contributed by atoms with Crippen molar-refractivity contribution in [3.63, 3.8) is 0 Å². The Labute approximate surface area is 401 Å². The van der Waals surface area contributed by atoms with Crippen molar-refractivity contribution in [2.75, 3.05) is 50.7 Å². The number of benzene rings is 3. The monoisotopic (exact) mass is 939 g/mol.